The van der Waals surface area contributed by atoms with E-state index >= 15 is 0 Å². The molecule has 2 rings (SSSR count). The van der Waals surface area contributed by atoms with Crippen molar-refractivity contribution in [1.29, 1.82) is 0 Å². The summed E-state index contributed by atoms with van der Waals surface area (Å²) in [6.07, 6.45) is 3.03. The Labute approximate surface area is 168 Å². The van der Waals surface area contributed by atoms with Crippen molar-refractivity contribution in [3.63, 3.8) is 0 Å². The van der Waals surface area contributed by atoms with Crippen LogP contribution in [0.15, 0.2) is 35.3 Å². The van der Waals surface area contributed by atoms with Crippen LogP contribution in [0.25, 0.3) is 0 Å². The molecule has 1 aromatic rings. The molecule has 1 atom stereocenters. The van der Waals surface area contributed by atoms with E-state index in [4.69, 9.17) is 9.47 Å². The zero-order valence-electron chi connectivity index (χ0n) is 16.5. The van der Waals surface area contributed by atoms with Gasteiger partial charge in [0.1, 0.15) is 0 Å². The fraction of sp³-hybridized carbons (Fsp3) is 0.632. The SMILES string of the molecule is CN=C(NCCOCc1ccccc1)NCCS(=O)(=O)NCC1CCCCO1. The largest absolute Gasteiger partial charge is 0.377 e. The lowest BCUT2D eigenvalue weighted by atomic mass is 10.1. The predicted molar refractivity (Wildman–Crippen MR) is 111 cm³/mol. The Hall–Kier alpha value is -1.68. The Morgan fingerprint density at radius 1 is 1.21 bits per heavy atom. The van der Waals surface area contributed by atoms with Crippen molar-refractivity contribution in [1.82, 2.24) is 15.4 Å². The molecule has 1 fully saturated rings. The third kappa shape index (κ3) is 9.50. The maximum atomic E-state index is 12.1. The first-order valence-electron chi connectivity index (χ1n) is 9.74. The van der Waals surface area contributed by atoms with Crippen LogP contribution in [0.1, 0.15) is 24.8 Å². The standard InChI is InChI=1S/C19H32N4O4S/c1-20-19(21-10-13-26-16-17-7-3-2-4-8-17)22-11-14-28(24,25)23-15-18-9-5-6-12-27-18/h2-4,7-8,18,23H,5-6,9-16H2,1H3,(H2,20,21,22). The van der Waals surface area contributed by atoms with Gasteiger partial charge in [0.15, 0.2) is 5.96 Å². The van der Waals surface area contributed by atoms with Crippen molar-refractivity contribution in [2.45, 2.75) is 32.0 Å². The van der Waals surface area contributed by atoms with Crippen LogP contribution in [0.4, 0.5) is 0 Å². The van der Waals surface area contributed by atoms with Gasteiger partial charge in [-0.2, -0.15) is 0 Å². The van der Waals surface area contributed by atoms with Crippen LogP contribution in [0, 0.1) is 0 Å². The molecule has 1 unspecified atom stereocenters. The van der Waals surface area contributed by atoms with Crippen LogP contribution in [0.2, 0.25) is 0 Å². The van der Waals surface area contributed by atoms with Gasteiger partial charge < -0.3 is 20.1 Å². The van der Waals surface area contributed by atoms with Crippen LogP contribution >= 0.6 is 0 Å². The van der Waals surface area contributed by atoms with Gasteiger partial charge in [-0.3, -0.25) is 4.99 Å². The minimum absolute atomic E-state index is 0.0122. The molecule has 0 amide bonds. The Morgan fingerprint density at radius 3 is 2.71 bits per heavy atom. The monoisotopic (exact) mass is 412 g/mol. The number of aliphatic imine (C=N–C) groups is 1. The highest BCUT2D eigenvalue weighted by atomic mass is 32.2. The zero-order valence-corrected chi connectivity index (χ0v) is 17.3. The molecule has 158 valence electrons. The second kappa shape index (κ2) is 12.7. The van der Waals surface area contributed by atoms with Crippen LogP contribution in [-0.2, 0) is 26.1 Å². The number of nitrogens with zero attached hydrogens (tertiary/aromatic N) is 1. The first kappa shape index (κ1) is 22.6. The Morgan fingerprint density at radius 2 is 2.00 bits per heavy atom. The molecule has 1 aromatic carbocycles. The van der Waals surface area contributed by atoms with Gasteiger partial charge in [-0.1, -0.05) is 30.3 Å². The number of ether oxygens (including phenoxy) is 2. The molecule has 1 aliphatic heterocycles. The third-order valence-electron chi connectivity index (χ3n) is 4.34. The highest BCUT2D eigenvalue weighted by Gasteiger charge is 2.17. The molecule has 8 nitrogen and oxygen atoms in total. The van der Waals surface area contributed by atoms with E-state index in [0.29, 0.717) is 38.9 Å². The number of hydrogen-bond acceptors (Lipinski definition) is 5. The smallest absolute Gasteiger partial charge is 0.213 e. The molecule has 28 heavy (non-hydrogen) atoms. The summed E-state index contributed by atoms with van der Waals surface area (Å²) in [6.45, 7) is 2.99. The van der Waals surface area contributed by atoms with Crippen molar-refractivity contribution < 1.29 is 17.9 Å². The van der Waals surface area contributed by atoms with E-state index in [2.05, 4.69) is 20.3 Å². The lowest BCUT2D eigenvalue weighted by molar-refractivity contribution is 0.0200. The van der Waals surface area contributed by atoms with Gasteiger partial charge >= 0.3 is 0 Å². The summed E-state index contributed by atoms with van der Waals surface area (Å²) in [7, 11) is -1.70. The molecule has 0 bridgehead atoms. The van der Waals surface area contributed by atoms with E-state index in [1.54, 1.807) is 7.05 Å². The lowest BCUT2D eigenvalue weighted by Gasteiger charge is -2.22. The summed E-state index contributed by atoms with van der Waals surface area (Å²) in [5.74, 6) is 0.527. The Balaban J connectivity index is 1.55. The van der Waals surface area contributed by atoms with Crippen molar-refractivity contribution >= 4 is 16.0 Å². The number of benzene rings is 1. The lowest BCUT2D eigenvalue weighted by Crippen LogP contribution is -2.43. The maximum Gasteiger partial charge on any atom is 0.213 e. The van der Waals surface area contributed by atoms with E-state index in [9.17, 15) is 8.42 Å². The van der Waals surface area contributed by atoms with E-state index in [1.807, 2.05) is 30.3 Å². The van der Waals surface area contributed by atoms with E-state index in [-0.39, 0.29) is 18.4 Å². The van der Waals surface area contributed by atoms with Crippen LogP contribution < -0.4 is 15.4 Å². The summed E-state index contributed by atoms with van der Waals surface area (Å²) < 4.78 is 37.9. The molecule has 0 saturated carbocycles. The summed E-state index contributed by atoms with van der Waals surface area (Å²) in [5, 5.41) is 6.11. The van der Waals surface area contributed by atoms with Crippen molar-refractivity contribution in [3.05, 3.63) is 35.9 Å². The predicted octanol–water partition coefficient (Wildman–Crippen LogP) is 0.857. The quantitative estimate of drug-likeness (QED) is 0.283. The molecule has 0 aliphatic carbocycles. The van der Waals surface area contributed by atoms with Gasteiger partial charge in [0.25, 0.3) is 0 Å². The van der Waals surface area contributed by atoms with Gasteiger partial charge in [-0.25, -0.2) is 13.1 Å². The Bertz CT molecular complexity index is 676. The molecule has 1 heterocycles. The van der Waals surface area contributed by atoms with Crippen LogP contribution in [0.5, 0.6) is 0 Å². The van der Waals surface area contributed by atoms with E-state index in [0.717, 1.165) is 24.8 Å². The normalized spacial score (nSPS) is 18.0. The molecule has 3 N–H and O–H groups in total. The van der Waals surface area contributed by atoms with E-state index in [1.165, 1.54) is 0 Å². The number of rotatable bonds is 11. The topological polar surface area (TPSA) is 101 Å². The summed E-state index contributed by atoms with van der Waals surface area (Å²) in [4.78, 5) is 4.09. The summed E-state index contributed by atoms with van der Waals surface area (Å²) in [5.41, 5.74) is 1.13. The zero-order chi connectivity index (χ0) is 20.1. The van der Waals surface area contributed by atoms with Crippen molar-refractivity contribution in [3.8, 4) is 0 Å². The highest BCUT2D eigenvalue weighted by Crippen LogP contribution is 2.11. The second-order valence-electron chi connectivity index (χ2n) is 6.62. The van der Waals surface area contributed by atoms with Crippen LogP contribution in [0.3, 0.4) is 0 Å². The van der Waals surface area contributed by atoms with Gasteiger partial charge in [0.05, 0.1) is 25.1 Å². The maximum absolute atomic E-state index is 12.1. The minimum Gasteiger partial charge on any atom is -0.377 e. The number of guanidine groups is 1. The first-order valence-corrected chi connectivity index (χ1v) is 11.4. The summed E-state index contributed by atoms with van der Waals surface area (Å²) in [6, 6.07) is 9.97. The molecular formula is C19H32N4O4S. The molecule has 1 saturated heterocycles. The third-order valence-corrected chi connectivity index (χ3v) is 5.69. The number of nitrogens with one attached hydrogen (secondary N) is 3. The van der Waals surface area contributed by atoms with Crippen molar-refractivity contribution in [2.24, 2.45) is 4.99 Å². The number of sulfonamides is 1. The molecule has 9 heteroatoms. The van der Waals surface area contributed by atoms with E-state index < -0.39 is 10.0 Å². The molecule has 0 radical (unpaired) electrons. The highest BCUT2D eigenvalue weighted by molar-refractivity contribution is 7.89. The van der Waals surface area contributed by atoms with Gasteiger partial charge in [0.2, 0.25) is 10.0 Å². The first-order chi connectivity index (χ1) is 13.6. The second-order valence-corrected chi connectivity index (χ2v) is 8.55. The van der Waals surface area contributed by atoms with Crippen molar-refractivity contribution in [2.75, 3.05) is 45.6 Å². The average Bonchev–Trinajstić information content (AvgIpc) is 2.72. The Kier molecular flexibility index (Phi) is 10.3. The van der Waals surface area contributed by atoms with Gasteiger partial charge in [-0.15, -0.1) is 0 Å². The average molecular weight is 413 g/mol. The molecule has 0 spiro atoms. The number of hydrogen-bond donors (Lipinski definition) is 3. The van der Waals surface area contributed by atoms with Gasteiger partial charge in [-0.05, 0) is 24.8 Å². The molecule has 1 aliphatic rings. The minimum atomic E-state index is -3.34. The molecular weight excluding hydrogens is 380 g/mol. The molecule has 0 aromatic heterocycles. The summed E-state index contributed by atoms with van der Waals surface area (Å²) >= 11 is 0. The van der Waals surface area contributed by atoms with Crippen LogP contribution in [-0.4, -0.2) is 66.1 Å². The fourth-order valence-corrected chi connectivity index (χ4v) is 3.75. The fourth-order valence-electron chi connectivity index (χ4n) is 2.79. The van der Waals surface area contributed by atoms with Gasteiger partial charge in [0, 0.05) is 33.3 Å².